The number of carbonyl (C=O) groups excluding carboxylic acids is 5. The summed E-state index contributed by atoms with van der Waals surface area (Å²) < 4.78 is 0. The summed E-state index contributed by atoms with van der Waals surface area (Å²) >= 11 is 0. The number of carboxylic acids is 1. The summed E-state index contributed by atoms with van der Waals surface area (Å²) in [5, 5.41) is 19.9. The maximum absolute atomic E-state index is 13.3. The lowest BCUT2D eigenvalue weighted by atomic mass is 9.98. The molecule has 7 N–H and O–H groups in total. The molecule has 0 radical (unpaired) electrons. The molecule has 13 heteroatoms. The minimum Gasteiger partial charge on any atom is -0.480 e. The Hall–Kier alpha value is -3.22. The molecule has 0 unspecified atom stereocenters. The van der Waals surface area contributed by atoms with Crippen LogP contribution in [0.15, 0.2) is 0 Å². The van der Waals surface area contributed by atoms with Crippen molar-refractivity contribution in [2.75, 3.05) is 13.1 Å². The van der Waals surface area contributed by atoms with E-state index >= 15 is 0 Å². The van der Waals surface area contributed by atoms with Crippen molar-refractivity contribution < 1.29 is 33.9 Å². The van der Waals surface area contributed by atoms with Gasteiger partial charge in [-0.25, -0.2) is 4.79 Å². The molecule has 1 aliphatic heterocycles. The molecule has 13 nitrogen and oxygen atoms in total. The Morgan fingerprint density at radius 1 is 0.825 bits per heavy atom. The molecule has 1 heterocycles. The standard InChI is InChI=1S/C27H48N6O7/c1-14(2)11-18(24(36)31-19(27(39)40)12-15(3)4)30-26(38)22(16(5)6)32-25(37)20-9-8-10-33(20)21(34)13-29-23(35)17(7)28/h14-20,22H,8-13,28H2,1-7H3,(H,29,35)(H,30,38)(H,31,36)(H,32,37)(H,39,40)/t17-,18-,19-,20-,22-/m0/s1. The van der Waals surface area contributed by atoms with Crippen molar-refractivity contribution in [1.29, 1.82) is 0 Å². The van der Waals surface area contributed by atoms with E-state index in [-0.39, 0.29) is 37.1 Å². The Labute approximate surface area is 236 Å². The predicted molar refractivity (Wildman–Crippen MR) is 149 cm³/mol. The highest BCUT2D eigenvalue weighted by molar-refractivity contribution is 5.96. The minimum atomic E-state index is -1.16. The van der Waals surface area contributed by atoms with Crippen LogP contribution in [0.1, 0.15) is 74.1 Å². The van der Waals surface area contributed by atoms with Crippen LogP contribution in [0.25, 0.3) is 0 Å². The molecule has 1 saturated heterocycles. The maximum Gasteiger partial charge on any atom is 0.326 e. The largest absolute Gasteiger partial charge is 0.480 e. The number of amides is 5. The van der Waals surface area contributed by atoms with Crippen LogP contribution in [0.4, 0.5) is 0 Å². The Balaban J connectivity index is 2.96. The molecule has 5 amide bonds. The third-order valence-electron chi connectivity index (χ3n) is 6.61. The second-order valence-corrected chi connectivity index (χ2v) is 11.7. The van der Waals surface area contributed by atoms with E-state index in [9.17, 15) is 33.9 Å². The van der Waals surface area contributed by atoms with Crippen LogP contribution in [0, 0.1) is 17.8 Å². The van der Waals surface area contributed by atoms with Gasteiger partial charge in [-0.2, -0.15) is 0 Å². The molecule has 1 aliphatic rings. The molecule has 0 saturated carbocycles. The van der Waals surface area contributed by atoms with Gasteiger partial charge in [-0.1, -0.05) is 41.5 Å². The number of nitrogens with two attached hydrogens (primary N) is 1. The van der Waals surface area contributed by atoms with Gasteiger partial charge < -0.3 is 37.0 Å². The van der Waals surface area contributed by atoms with Gasteiger partial charge in [0.15, 0.2) is 0 Å². The average molecular weight is 569 g/mol. The van der Waals surface area contributed by atoms with Gasteiger partial charge in [0.1, 0.15) is 24.2 Å². The summed E-state index contributed by atoms with van der Waals surface area (Å²) in [5.74, 6) is -4.08. The van der Waals surface area contributed by atoms with Crippen LogP contribution in [0.2, 0.25) is 0 Å². The second kappa shape index (κ2) is 16.1. The highest BCUT2D eigenvalue weighted by Crippen LogP contribution is 2.18. The lowest BCUT2D eigenvalue weighted by molar-refractivity contribution is -0.143. The Morgan fingerprint density at radius 3 is 1.88 bits per heavy atom. The summed E-state index contributed by atoms with van der Waals surface area (Å²) in [6, 6.07) is -4.68. The molecule has 0 bridgehead atoms. The van der Waals surface area contributed by atoms with E-state index in [1.807, 2.05) is 27.7 Å². The quantitative estimate of drug-likeness (QED) is 0.155. The van der Waals surface area contributed by atoms with E-state index in [0.29, 0.717) is 19.4 Å². The van der Waals surface area contributed by atoms with E-state index in [1.165, 1.54) is 11.8 Å². The topological polar surface area (TPSA) is 200 Å². The van der Waals surface area contributed by atoms with E-state index in [2.05, 4.69) is 21.3 Å². The number of hydrogen-bond donors (Lipinski definition) is 6. The number of likely N-dealkylation sites (tertiary alicyclic amines) is 1. The summed E-state index contributed by atoms with van der Waals surface area (Å²) in [7, 11) is 0. The van der Waals surface area contributed by atoms with Gasteiger partial charge in [-0.05, 0) is 50.4 Å². The maximum atomic E-state index is 13.3. The van der Waals surface area contributed by atoms with Crippen LogP contribution in [0.5, 0.6) is 0 Å². The van der Waals surface area contributed by atoms with E-state index in [0.717, 1.165) is 0 Å². The zero-order chi connectivity index (χ0) is 30.7. The molecule has 1 fully saturated rings. The van der Waals surface area contributed by atoms with Gasteiger partial charge in [0.2, 0.25) is 29.5 Å². The van der Waals surface area contributed by atoms with Crippen LogP contribution < -0.4 is 27.0 Å². The Bertz CT molecular complexity index is 921. The first kappa shape index (κ1) is 34.8. The van der Waals surface area contributed by atoms with Crippen molar-refractivity contribution in [2.45, 2.75) is 104 Å². The van der Waals surface area contributed by atoms with Crippen molar-refractivity contribution in [1.82, 2.24) is 26.2 Å². The number of nitrogens with one attached hydrogen (secondary N) is 4. The minimum absolute atomic E-state index is 0.0114. The molecule has 228 valence electrons. The second-order valence-electron chi connectivity index (χ2n) is 11.7. The summed E-state index contributed by atoms with van der Waals surface area (Å²) in [5.41, 5.74) is 5.51. The van der Waals surface area contributed by atoms with E-state index in [4.69, 9.17) is 5.73 Å². The lowest BCUT2D eigenvalue weighted by Crippen LogP contribution is -2.59. The number of aliphatic carboxylic acids is 1. The van der Waals surface area contributed by atoms with E-state index < -0.39 is 65.7 Å². The lowest BCUT2D eigenvalue weighted by Gasteiger charge is -2.29. The van der Waals surface area contributed by atoms with Gasteiger partial charge in [-0.15, -0.1) is 0 Å². The highest BCUT2D eigenvalue weighted by atomic mass is 16.4. The van der Waals surface area contributed by atoms with Crippen molar-refractivity contribution in [3.05, 3.63) is 0 Å². The Kier molecular flexibility index (Phi) is 14.0. The zero-order valence-corrected chi connectivity index (χ0v) is 24.8. The monoisotopic (exact) mass is 568 g/mol. The molecular formula is C27H48N6O7. The molecular weight excluding hydrogens is 520 g/mol. The van der Waals surface area contributed by atoms with Crippen LogP contribution in [-0.4, -0.2) is 88.8 Å². The average Bonchev–Trinajstić information content (AvgIpc) is 3.33. The summed E-state index contributed by atoms with van der Waals surface area (Å²) in [6.07, 6.45) is 1.49. The Morgan fingerprint density at radius 2 is 1.38 bits per heavy atom. The first-order chi connectivity index (χ1) is 18.5. The molecule has 5 atom stereocenters. The highest BCUT2D eigenvalue weighted by Gasteiger charge is 2.37. The molecule has 0 aliphatic carbocycles. The third-order valence-corrected chi connectivity index (χ3v) is 6.61. The number of rotatable bonds is 15. The SMILES string of the molecule is CC(C)C[C@H](NC(=O)[C@H](CC(C)C)NC(=O)[C@@H](NC(=O)[C@@H]1CCCN1C(=O)CNC(=O)[C@H](C)N)C(C)C)C(=O)O. The number of hydrogen-bond acceptors (Lipinski definition) is 7. The number of carbonyl (C=O) groups is 6. The smallest absolute Gasteiger partial charge is 0.326 e. The van der Waals surface area contributed by atoms with Crippen molar-refractivity contribution in [3.63, 3.8) is 0 Å². The van der Waals surface area contributed by atoms with Crippen molar-refractivity contribution in [2.24, 2.45) is 23.5 Å². The van der Waals surface area contributed by atoms with Crippen LogP contribution >= 0.6 is 0 Å². The van der Waals surface area contributed by atoms with Crippen molar-refractivity contribution in [3.8, 4) is 0 Å². The first-order valence-corrected chi connectivity index (χ1v) is 14.0. The van der Waals surface area contributed by atoms with Gasteiger partial charge in [0.25, 0.3) is 0 Å². The number of nitrogens with zero attached hydrogens (tertiary/aromatic N) is 1. The zero-order valence-electron chi connectivity index (χ0n) is 24.8. The number of carboxylic acid groups (broad SMARTS) is 1. The molecule has 0 aromatic carbocycles. The van der Waals surface area contributed by atoms with Gasteiger partial charge in [0, 0.05) is 6.54 Å². The van der Waals surface area contributed by atoms with Gasteiger partial charge in [0.05, 0.1) is 12.6 Å². The van der Waals surface area contributed by atoms with Gasteiger partial charge >= 0.3 is 5.97 Å². The molecule has 40 heavy (non-hydrogen) atoms. The summed E-state index contributed by atoms with van der Waals surface area (Å²) in [4.78, 5) is 77.0. The molecule has 1 rings (SSSR count). The fourth-order valence-corrected chi connectivity index (χ4v) is 4.48. The van der Waals surface area contributed by atoms with Crippen molar-refractivity contribution >= 4 is 35.5 Å². The molecule has 0 aromatic heterocycles. The van der Waals surface area contributed by atoms with E-state index in [1.54, 1.807) is 13.8 Å². The van der Waals surface area contributed by atoms with Crippen LogP contribution in [0.3, 0.4) is 0 Å². The fraction of sp³-hybridized carbons (Fsp3) is 0.778. The first-order valence-electron chi connectivity index (χ1n) is 14.0. The molecule has 0 spiro atoms. The molecule has 0 aromatic rings. The predicted octanol–water partition coefficient (Wildman–Crippen LogP) is -0.272. The fourth-order valence-electron chi connectivity index (χ4n) is 4.48. The van der Waals surface area contributed by atoms with Crippen LogP contribution in [-0.2, 0) is 28.8 Å². The normalized spacial score (nSPS) is 18.2. The van der Waals surface area contributed by atoms with Gasteiger partial charge in [-0.3, -0.25) is 24.0 Å². The third kappa shape index (κ3) is 11.1. The summed E-state index contributed by atoms with van der Waals surface area (Å²) in [6.45, 7) is 12.5.